The van der Waals surface area contributed by atoms with Gasteiger partial charge in [-0.15, -0.1) is 0 Å². The van der Waals surface area contributed by atoms with Crippen LogP contribution in [0.3, 0.4) is 0 Å². The topological polar surface area (TPSA) is 210 Å². The van der Waals surface area contributed by atoms with Crippen LogP contribution in [0.5, 0.6) is 0 Å². The van der Waals surface area contributed by atoms with Gasteiger partial charge in [-0.05, 0) is 19.3 Å². The Labute approximate surface area is 501 Å². The second-order valence-electron chi connectivity index (χ2n) is 18.5. The Kier molecular flexibility index (Phi) is 99.2. The molecule has 0 saturated heterocycles. The number of ether oxygens (including phenoxy) is 3. The van der Waals surface area contributed by atoms with Gasteiger partial charge in [0.2, 0.25) is 0 Å². The van der Waals surface area contributed by atoms with E-state index in [2.05, 4.69) is 20.8 Å². The molecule has 0 aromatic heterocycles. The minimum atomic E-state index is -0.954. The molecule has 0 heterocycles. The fourth-order valence-corrected chi connectivity index (χ4v) is 7.80. The average Bonchev–Trinajstić information content (AvgIpc) is 3.32. The van der Waals surface area contributed by atoms with Crippen molar-refractivity contribution in [3.63, 3.8) is 0 Å². The monoisotopic (exact) mass is 1040 g/mol. The molecule has 0 saturated carbocycles. The summed E-state index contributed by atoms with van der Waals surface area (Å²) in [5.74, 6) is -0.842. The predicted molar refractivity (Wildman–Crippen MR) is 279 cm³/mol. The molecule has 0 amide bonds. The number of carbonyl (C=O) groups excluding carboxylic acids is 3. The van der Waals surface area contributed by atoms with Gasteiger partial charge in [-0.2, -0.15) is 0 Å². The maximum absolute atomic E-state index is 12.8. The first-order chi connectivity index (χ1) is 31.8. The molecule has 0 aliphatic carbocycles. The zero-order valence-corrected chi connectivity index (χ0v) is 52.3. The van der Waals surface area contributed by atoms with Crippen molar-refractivity contribution in [1.82, 2.24) is 0 Å². The average molecular weight is 1040 g/mol. The molecule has 0 unspecified atom stereocenters. The molecular weight excluding hydrogens is 922 g/mol. The summed E-state index contributed by atoms with van der Waals surface area (Å²) >= 11 is 0. The first kappa shape index (κ1) is 87.8. The second kappa shape index (κ2) is 79.0. The molecule has 410 valence electrons. The fourth-order valence-electron chi connectivity index (χ4n) is 7.80. The molecule has 15 heteroatoms. The van der Waals surface area contributed by atoms with E-state index in [1.165, 1.54) is 193 Å². The van der Waals surface area contributed by atoms with Gasteiger partial charge in [-0.3, -0.25) is 24.9 Å². The van der Waals surface area contributed by atoms with Crippen LogP contribution in [0.25, 0.3) is 0 Å². The van der Waals surface area contributed by atoms with Crippen molar-refractivity contribution in [3.05, 3.63) is 0 Å². The summed E-state index contributed by atoms with van der Waals surface area (Å²) < 4.78 is 16.8. The number of rotatable bonds is 49. The zero-order chi connectivity index (χ0) is 48.5. The molecule has 0 aromatic carbocycles. The molecule has 70 heavy (non-hydrogen) atoms. The first-order valence-electron chi connectivity index (χ1n) is 27.4. The Morgan fingerprint density at radius 3 is 0.743 bits per heavy atom. The largest absolute Gasteiger partial charge is 1.00 e. The first-order valence-corrected chi connectivity index (χ1v) is 27.4. The Balaban J connectivity index is -0.000000296. The number of hydrogen-bond acceptors (Lipinski definition) is 12. The number of esters is 3. The van der Waals surface area contributed by atoms with E-state index < -0.39 is 12.2 Å². The summed E-state index contributed by atoms with van der Waals surface area (Å²) in [5, 5.41) is 36.0. The van der Waals surface area contributed by atoms with Crippen molar-refractivity contribution in [1.29, 1.82) is 0 Å². The van der Waals surface area contributed by atoms with Crippen LogP contribution in [0.4, 0.5) is 0 Å². The molecule has 0 aliphatic rings. The van der Waals surface area contributed by atoms with E-state index in [-0.39, 0.29) is 149 Å². The Morgan fingerprint density at radius 2 is 0.557 bits per heavy atom. The summed E-state index contributed by atoms with van der Waals surface area (Å²) in [6.45, 7) is 5.94. The molecule has 0 radical (unpaired) electrons. The summed E-state index contributed by atoms with van der Waals surface area (Å²) in [6, 6.07) is 0. The van der Waals surface area contributed by atoms with Crippen molar-refractivity contribution in [2.45, 2.75) is 310 Å². The fraction of sp³-hybridized carbons (Fsp3) is 0.945. The molecule has 0 aromatic rings. The van der Waals surface area contributed by atoms with Gasteiger partial charge in [0.25, 0.3) is 0 Å². The molecule has 0 bridgehead atoms. The van der Waals surface area contributed by atoms with Crippen LogP contribution in [-0.4, -0.2) is 87.9 Å². The summed E-state index contributed by atoms with van der Waals surface area (Å²) in [7, 11) is 0. The van der Waals surface area contributed by atoms with Crippen LogP contribution >= 0.6 is 0 Å². The van der Waals surface area contributed by atoms with Crippen LogP contribution in [0.2, 0.25) is 0 Å². The summed E-state index contributed by atoms with van der Waals surface area (Å²) in [6.07, 6.45) is 48.4. The van der Waals surface area contributed by atoms with E-state index in [0.29, 0.717) is 19.3 Å². The van der Waals surface area contributed by atoms with E-state index >= 15 is 0 Å². The molecule has 0 rings (SSSR count). The third-order valence-corrected chi connectivity index (χ3v) is 12.0. The number of unbranched alkanes of at least 4 members (excludes halogenated alkanes) is 36. The van der Waals surface area contributed by atoms with E-state index in [0.717, 1.165) is 57.8 Å². The molecule has 0 fully saturated rings. The molecule has 0 spiro atoms. The van der Waals surface area contributed by atoms with Crippen LogP contribution < -0.4 is 88.7 Å². The van der Waals surface area contributed by atoms with Crippen molar-refractivity contribution in [2.24, 2.45) is 0 Å². The van der Waals surface area contributed by atoms with E-state index in [1.54, 1.807) is 0 Å². The van der Waals surface area contributed by atoms with Gasteiger partial charge >= 0.3 is 107 Å². The molecule has 12 nitrogen and oxygen atoms in total. The van der Waals surface area contributed by atoms with Gasteiger partial charge < -0.3 is 37.9 Å². The van der Waals surface area contributed by atoms with E-state index in [9.17, 15) is 14.4 Å². The Morgan fingerprint density at radius 1 is 0.371 bits per heavy atom. The Hall–Kier alpha value is 1.17. The third-order valence-electron chi connectivity index (χ3n) is 12.0. The summed E-state index contributed by atoms with van der Waals surface area (Å²) in [5.41, 5.74) is 0. The van der Waals surface area contributed by atoms with Gasteiger partial charge in [-0.25, -0.2) is 0 Å². The Bertz CT molecular complexity index is 918. The van der Waals surface area contributed by atoms with Gasteiger partial charge in [-0.1, -0.05) is 259 Å². The minimum Gasteiger partial charge on any atom is -1.00 e. The number of aliphatic hydroxyl groups is 3. The molecule has 0 aliphatic heterocycles. The number of aliphatic hydroxyl groups excluding tert-OH is 3. The van der Waals surface area contributed by atoms with Gasteiger partial charge in [0.05, 0.1) is 13.2 Å². The van der Waals surface area contributed by atoms with Crippen LogP contribution in [0.1, 0.15) is 301 Å². The normalized spacial score (nSPS) is 10.2. The predicted octanol–water partition coefficient (Wildman–Crippen LogP) is 6.47. The van der Waals surface area contributed by atoms with Gasteiger partial charge in [0.15, 0.2) is 6.10 Å². The maximum Gasteiger partial charge on any atom is 1.00 e. The van der Waals surface area contributed by atoms with Crippen LogP contribution in [-0.2, 0) is 28.6 Å². The number of carbonyl (C=O) groups is 3. The minimum absolute atomic E-state index is 0. The molecule has 6 N–H and O–H groups in total. The van der Waals surface area contributed by atoms with Crippen molar-refractivity contribution in [2.75, 3.05) is 26.4 Å². The van der Waals surface area contributed by atoms with Gasteiger partial charge in [0.1, 0.15) is 19.3 Å². The molecular formula is C55H115Na3O12. The standard InChI is InChI=1S/C51H98O6.C3H8O3.CH4.3Na.H2O2.H2O.2H/c1-4-7-10-13-16-19-22-25-28-31-34-37-40-43-49(52)55-46-48(57-51(54)45-42-39-36-33-30-27-24-21-18-15-12-9-6-3)47-56-50(53)44-41-38-35-32-29-26-23-20-17-14-11-8-5-2;4-1-3(6)2-5;;;;;1-2;;;/h48H,4-47H2,1-3H3;3-6H,1-2H2;1H4;;;;1-2H;1H2;;/q;;;3*+1;;;2*-1/p-1. The zero-order valence-electron chi connectivity index (χ0n) is 48.3. The van der Waals surface area contributed by atoms with Gasteiger partial charge in [0, 0.05) is 19.3 Å². The third kappa shape index (κ3) is 78.1. The van der Waals surface area contributed by atoms with Crippen molar-refractivity contribution in [3.8, 4) is 0 Å². The van der Waals surface area contributed by atoms with Crippen molar-refractivity contribution < 1.29 is 151 Å². The second-order valence-corrected chi connectivity index (χ2v) is 18.5. The van der Waals surface area contributed by atoms with Crippen molar-refractivity contribution >= 4 is 17.9 Å². The smallest absolute Gasteiger partial charge is 1.00 e. The van der Waals surface area contributed by atoms with Crippen LogP contribution in [0, 0.1) is 0 Å². The quantitative estimate of drug-likeness (QED) is 0.0111. The number of hydrogen-bond donors (Lipinski definition) is 5. The SMILES string of the molecule is C.CCCCCCCCCCCCCCCC(=O)OCC(COC(=O)CCCCCCCCCCCCCCC)OC(=O)CCCCCCCCCCCCCCC.OCC(O)CO.OO.[H-].[H-].[Na+].[Na+].[Na+].[OH-]. The maximum atomic E-state index is 12.8. The van der Waals surface area contributed by atoms with Crippen LogP contribution in [0.15, 0.2) is 0 Å². The van der Waals surface area contributed by atoms with E-state index in [4.69, 9.17) is 40.0 Å². The summed E-state index contributed by atoms with van der Waals surface area (Å²) in [4.78, 5) is 37.9. The molecule has 0 atom stereocenters. The van der Waals surface area contributed by atoms with E-state index in [1.807, 2.05) is 0 Å².